The summed E-state index contributed by atoms with van der Waals surface area (Å²) in [6.07, 6.45) is 0.750. The van der Waals surface area contributed by atoms with E-state index < -0.39 is 0 Å². The van der Waals surface area contributed by atoms with E-state index in [1.54, 1.807) is 12.1 Å². The fourth-order valence-corrected chi connectivity index (χ4v) is 3.00. The molecule has 5 heteroatoms. The van der Waals surface area contributed by atoms with E-state index >= 15 is 0 Å². The van der Waals surface area contributed by atoms with Crippen molar-refractivity contribution in [2.75, 3.05) is 0 Å². The summed E-state index contributed by atoms with van der Waals surface area (Å²) >= 11 is 12.9. The third kappa shape index (κ3) is 4.22. The highest BCUT2D eigenvalue weighted by molar-refractivity contribution is 9.10. The predicted molar refractivity (Wildman–Crippen MR) is 90.7 cm³/mol. The molecule has 2 aromatic rings. The number of nitrogens with two attached hydrogens (primary N) is 1. The van der Waals surface area contributed by atoms with Crippen molar-refractivity contribution in [1.29, 1.82) is 0 Å². The summed E-state index contributed by atoms with van der Waals surface area (Å²) in [4.78, 5) is 0. The van der Waals surface area contributed by atoms with Crippen LogP contribution in [-0.4, -0.2) is 6.04 Å². The number of benzene rings is 2. The minimum Gasteiger partial charge on any atom is -0.456 e. The van der Waals surface area contributed by atoms with Gasteiger partial charge in [0.15, 0.2) is 0 Å². The fraction of sp³-hybridized carbons (Fsp3) is 0.200. The molecule has 0 heterocycles. The number of ether oxygens (including phenoxy) is 1. The Kier molecular flexibility index (Phi) is 5.49. The van der Waals surface area contributed by atoms with Crippen LogP contribution in [0.2, 0.25) is 5.02 Å². The Morgan fingerprint density at radius 2 is 1.85 bits per heavy atom. The van der Waals surface area contributed by atoms with Crippen LogP contribution in [0, 0.1) is 0 Å². The first-order valence-electron chi connectivity index (χ1n) is 6.12. The summed E-state index contributed by atoms with van der Waals surface area (Å²) in [5.74, 6) is 1.52. The average molecular weight is 420 g/mol. The average Bonchev–Trinajstić information content (AvgIpc) is 2.34. The highest BCUT2D eigenvalue weighted by atomic mass is 79.9. The summed E-state index contributed by atoms with van der Waals surface area (Å²) < 4.78 is 7.80. The third-order valence-corrected chi connectivity index (χ3v) is 4.03. The van der Waals surface area contributed by atoms with Gasteiger partial charge < -0.3 is 10.5 Å². The van der Waals surface area contributed by atoms with Gasteiger partial charge in [0.05, 0.1) is 4.47 Å². The summed E-state index contributed by atoms with van der Waals surface area (Å²) in [5, 5.41) is 0.663. The minimum absolute atomic E-state index is 0.0697. The molecule has 20 heavy (non-hydrogen) atoms. The molecule has 2 rings (SSSR count). The van der Waals surface area contributed by atoms with E-state index in [1.165, 1.54) is 0 Å². The van der Waals surface area contributed by atoms with Crippen molar-refractivity contribution < 1.29 is 4.74 Å². The summed E-state index contributed by atoms with van der Waals surface area (Å²) in [6, 6.07) is 11.4. The Hall–Kier alpha value is -0.550. The van der Waals surface area contributed by atoms with Crippen molar-refractivity contribution in [3.8, 4) is 11.5 Å². The van der Waals surface area contributed by atoms with Crippen LogP contribution in [-0.2, 0) is 6.42 Å². The van der Waals surface area contributed by atoms with E-state index in [2.05, 4.69) is 31.9 Å². The van der Waals surface area contributed by atoms with Gasteiger partial charge in [0.1, 0.15) is 11.5 Å². The Balaban J connectivity index is 2.32. The fourth-order valence-electron chi connectivity index (χ4n) is 1.83. The summed E-state index contributed by atoms with van der Waals surface area (Å²) in [7, 11) is 0. The number of hydrogen-bond acceptors (Lipinski definition) is 2. The molecule has 0 saturated heterocycles. The molecule has 0 aliphatic rings. The van der Waals surface area contributed by atoms with E-state index in [4.69, 9.17) is 22.1 Å². The molecule has 0 aliphatic heterocycles. The topological polar surface area (TPSA) is 35.2 Å². The molecule has 2 nitrogen and oxygen atoms in total. The van der Waals surface area contributed by atoms with Gasteiger partial charge in [-0.05, 0) is 71.2 Å². The second-order valence-electron chi connectivity index (χ2n) is 4.61. The molecule has 0 saturated carbocycles. The van der Waals surface area contributed by atoms with Crippen molar-refractivity contribution in [3.05, 3.63) is 55.9 Å². The van der Waals surface area contributed by atoms with Crippen molar-refractivity contribution in [3.63, 3.8) is 0 Å². The highest BCUT2D eigenvalue weighted by Crippen LogP contribution is 2.34. The zero-order valence-electron chi connectivity index (χ0n) is 10.9. The van der Waals surface area contributed by atoms with E-state index in [0.29, 0.717) is 5.02 Å². The second-order valence-corrected chi connectivity index (χ2v) is 6.82. The number of rotatable bonds is 4. The molecule has 2 aromatic carbocycles. The van der Waals surface area contributed by atoms with Gasteiger partial charge in [0, 0.05) is 15.5 Å². The van der Waals surface area contributed by atoms with E-state index in [1.807, 2.05) is 31.2 Å². The molecule has 1 atom stereocenters. The van der Waals surface area contributed by atoms with Crippen LogP contribution in [0.5, 0.6) is 11.5 Å². The molecular formula is C15H14Br2ClNO. The predicted octanol–water partition coefficient (Wildman–Crippen LogP) is 5.55. The van der Waals surface area contributed by atoms with Gasteiger partial charge in [-0.2, -0.15) is 0 Å². The van der Waals surface area contributed by atoms with Gasteiger partial charge in [-0.25, -0.2) is 0 Å². The zero-order chi connectivity index (χ0) is 14.7. The molecular weight excluding hydrogens is 405 g/mol. The van der Waals surface area contributed by atoms with Gasteiger partial charge >= 0.3 is 0 Å². The smallest absolute Gasteiger partial charge is 0.141 e. The largest absolute Gasteiger partial charge is 0.456 e. The lowest BCUT2D eigenvalue weighted by molar-refractivity contribution is 0.471. The quantitative estimate of drug-likeness (QED) is 0.705. The first-order chi connectivity index (χ1) is 9.45. The Labute approximate surface area is 140 Å². The molecule has 0 bridgehead atoms. The number of halogens is 3. The maximum atomic E-state index is 5.97. The van der Waals surface area contributed by atoms with Crippen LogP contribution in [0.4, 0.5) is 0 Å². The maximum absolute atomic E-state index is 5.97. The lowest BCUT2D eigenvalue weighted by Crippen LogP contribution is -2.18. The SMILES string of the molecule is CC(N)Cc1cc(Br)ccc1Oc1ccc(Cl)cc1Br. The van der Waals surface area contributed by atoms with Crippen LogP contribution in [0.3, 0.4) is 0 Å². The van der Waals surface area contributed by atoms with E-state index in [-0.39, 0.29) is 6.04 Å². The van der Waals surface area contributed by atoms with Crippen LogP contribution < -0.4 is 10.5 Å². The van der Waals surface area contributed by atoms with Gasteiger partial charge in [-0.15, -0.1) is 0 Å². The van der Waals surface area contributed by atoms with Gasteiger partial charge in [0.25, 0.3) is 0 Å². The molecule has 0 fully saturated rings. The third-order valence-electron chi connectivity index (χ3n) is 2.68. The van der Waals surface area contributed by atoms with E-state index in [0.717, 1.165) is 32.4 Å². The molecule has 2 N–H and O–H groups in total. The highest BCUT2D eigenvalue weighted by Gasteiger charge is 2.10. The molecule has 0 radical (unpaired) electrons. The molecule has 0 aromatic heterocycles. The first-order valence-corrected chi connectivity index (χ1v) is 8.09. The molecule has 1 unspecified atom stereocenters. The standard InChI is InChI=1S/C15H14Br2ClNO/c1-9(19)6-10-7-11(16)2-4-14(10)20-15-5-3-12(18)8-13(15)17/h2-5,7-9H,6,19H2,1H3. The normalized spacial score (nSPS) is 12.2. The van der Waals surface area contributed by atoms with Gasteiger partial charge in [-0.1, -0.05) is 27.5 Å². The Morgan fingerprint density at radius 1 is 1.15 bits per heavy atom. The van der Waals surface area contributed by atoms with Gasteiger partial charge in [0.2, 0.25) is 0 Å². The summed E-state index contributed by atoms with van der Waals surface area (Å²) in [6.45, 7) is 1.98. The monoisotopic (exact) mass is 417 g/mol. The van der Waals surface area contributed by atoms with Crippen LogP contribution in [0.15, 0.2) is 45.3 Å². The number of hydrogen-bond donors (Lipinski definition) is 1. The van der Waals surface area contributed by atoms with Crippen LogP contribution >= 0.6 is 43.5 Å². The van der Waals surface area contributed by atoms with Crippen molar-refractivity contribution in [2.24, 2.45) is 5.73 Å². The van der Waals surface area contributed by atoms with Crippen molar-refractivity contribution in [2.45, 2.75) is 19.4 Å². The van der Waals surface area contributed by atoms with Crippen molar-refractivity contribution in [1.82, 2.24) is 0 Å². The minimum atomic E-state index is 0.0697. The van der Waals surface area contributed by atoms with Crippen LogP contribution in [0.1, 0.15) is 12.5 Å². The van der Waals surface area contributed by atoms with Gasteiger partial charge in [-0.3, -0.25) is 0 Å². The van der Waals surface area contributed by atoms with Crippen molar-refractivity contribution >= 4 is 43.5 Å². The lowest BCUT2D eigenvalue weighted by atomic mass is 10.1. The van der Waals surface area contributed by atoms with Crippen LogP contribution in [0.25, 0.3) is 0 Å². The van der Waals surface area contributed by atoms with E-state index in [9.17, 15) is 0 Å². The first kappa shape index (κ1) is 15.8. The second kappa shape index (κ2) is 6.94. The Bertz CT molecular complexity index is 617. The maximum Gasteiger partial charge on any atom is 0.141 e. The Morgan fingerprint density at radius 3 is 2.50 bits per heavy atom. The summed E-state index contributed by atoms with van der Waals surface area (Å²) in [5.41, 5.74) is 6.95. The lowest BCUT2D eigenvalue weighted by Gasteiger charge is -2.14. The molecule has 106 valence electrons. The molecule has 0 aliphatic carbocycles. The molecule has 0 spiro atoms. The molecule has 0 amide bonds. The zero-order valence-corrected chi connectivity index (χ0v) is 14.8.